The molecule has 3 aromatic rings. The van der Waals surface area contributed by atoms with E-state index in [-0.39, 0.29) is 5.56 Å². The monoisotopic (exact) mass is 426 g/mol. The van der Waals surface area contributed by atoms with Crippen molar-refractivity contribution in [3.8, 4) is 0 Å². The van der Waals surface area contributed by atoms with Crippen LogP contribution in [0.1, 0.15) is 22.7 Å². The number of ether oxygens (including phenoxy) is 1. The Morgan fingerprint density at radius 2 is 1.42 bits per heavy atom. The van der Waals surface area contributed by atoms with Crippen molar-refractivity contribution in [2.45, 2.75) is 11.6 Å². The molecule has 0 spiro atoms. The van der Waals surface area contributed by atoms with Crippen LogP contribution < -0.4 is 5.73 Å². The van der Waals surface area contributed by atoms with E-state index in [0.29, 0.717) is 11.1 Å². The standard InChI is InChI=1S/C23H17F3N2O3/c24-16-9-5-14(6-10-16)23(15-7-11-17(25)12-8-15)21(18-3-1-2-4-19(18)26)28(13-20(27)29)22(30)31-23/h1-12,21H,13H2,(H2,27,29)/t21-/m0/s1. The van der Waals surface area contributed by atoms with Gasteiger partial charge in [-0.25, -0.2) is 18.0 Å². The Hall–Kier alpha value is -3.81. The normalized spacial score (nSPS) is 17.5. The summed E-state index contributed by atoms with van der Waals surface area (Å²) in [5.74, 6) is -2.53. The van der Waals surface area contributed by atoms with Gasteiger partial charge in [0, 0.05) is 16.7 Å². The van der Waals surface area contributed by atoms with E-state index < -0.39 is 47.6 Å². The maximum Gasteiger partial charge on any atom is 0.412 e. The molecule has 0 unspecified atom stereocenters. The molecule has 8 heteroatoms. The lowest BCUT2D eigenvalue weighted by molar-refractivity contribution is -0.118. The van der Waals surface area contributed by atoms with Crippen LogP contribution in [-0.4, -0.2) is 23.4 Å². The average molecular weight is 426 g/mol. The van der Waals surface area contributed by atoms with Crippen molar-refractivity contribution in [2.75, 3.05) is 6.54 Å². The molecule has 0 aromatic heterocycles. The number of benzene rings is 3. The minimum absolute atomic E-state index is 0.0586. The van der Waals surface area contributed by atoms with Crippen molar-refractivity contribution in [3.05, 3.63) is 107 Å². The number of rotatable bonds is 5. The SMILES string of the molecule is NC(=O)CN1C(=O)OC(c2ccc(F)cc2)(c2ccc(F)cc2)[C@@H]1c1ccccc1F. The molecule has 1 aliphatic heterocycles. The van der Waals surface area contributed by atoms with Gasteiger partial charge in [-0.05, 0) is 30.3 Å². The summed E-state index contributed by atoms with van der Waals surface area (Å²) in [6.07, 6.45) is -0.916. The number of hydrogen-bond acceptors (Lipinski definition) is 3. The van der Waals surface area contributed by atoms with Gasteiger partial charge in [0.15, 0.2) is 5.60 Å². The van der Waals surface area contributed by atoms with Crippen molar-refractivity contribution >= 4 is 12.0 Å². The summed E-state index contributed by atoms with van der Waals surface area (Å²) < 4.78 is 48.1. The highest BCUT2D eigenvalue weighted by Gasteiger charge is 2.58. The van der Waals surface area contributed by atoms with Gasteiger partial charge in [0.25, 0.3) is 0 Å². The van der Waals surface area contributed by atoms with Gasteiger partial charge in [-0.15, -0.1) is 0 Å². The first-order valence-electron chi connectivity index (χ1n) is 9.37. The Bertz CT molecular complexity index is 1090. The third kappa shape index (κ3) is 3.50. The molecule has 0 saturated carbocycles. The predicted molar refractivity (Wildman–Crippen MR) is 105 cm³/mol. The van der Waals surface area contributed by atoms with Gasteiger partial charge in [-0.2, -0.15) is 0 Å². The molecule has 0 radical (unpaired) electrons. The molecule has 1 heterocycles. The van der Waals surface area contributed by atoms with E-state index in [9.17, 15) is 22.8 Å². The summed E-state index contributed by atoms with van der Waals surface area (Å²) in [5, 5.41) is 0. The maximum absolute atomic E-state index is 15.0. The first-order valence-corrected chi connectivity index (χ1v) is 9.37. The summed E-state index contributed by atoms with van der Waals surface area (Å²) >= 11 is 0. The third-order valence-corrected chi connectivity index (χ3v) is 5.25. The quantitative estimate of drug-likeness (QED) is 0.670. The Morgan fingerprint density at radius 3 is 1.90 bits per heavy atom. The van der Waals surface area contributed by atoms with Crippen LogP contribution in [0.4, 0.5) is 18.0 Å². The van der Waals surface area contributed by atoms with Gasteiger partial charge in [0.2, 0.25) is 5.91 Å². The minimum atomic E-state index is -1.70. The van der Waals surface area contributed by atoms with Crippen molar-refractivity contribution < 1.29 is 27.5 Å². The number of nitrogens with two attached hydrogens (primary N) is 1. The molecule has 1 fully saturated rings. The van der Waals surface area contributed by atoms with Crippen LogP contribution >= 0.6 is 0 Å². The summed E-state index contributed by atoms with van der Waals surface area (Å²) in [4.78, 5) is 25.7. The van der Waals surface area contributed by atoms with Gasteiger partial charge in [0.1, 0.15) is 30.0 Å². The van der Waals surface area contributed by atoms with Crippen molar-refractivity contribution in [2.24, 2.45) is 5.73 Å². The van der Waals surface area contributed by atoms with Gasteiger partial charge >= 0.3 is 6.09 Å². The topological polar surface area (TPSA) is 72.6 Å². The highest BCUT2D eigenvalue weighted by Crippen LogP contribution is 2.52. The average Bonchev–Trinajstić information content (AvgIpc) is 3.02. The lowest BCUT2D eigenvalue weighted by Crippen LogP contribution is -2.41. The van der Waals surface area contributed by atoms with Crippen LogP contribution in [0, 0.1) is 17.5 Å². The van der Waals surface area contributed by atoms with E-state index in [1.165, 1.54) is 66.7 Å². The summed E-state index contributed by atoms with van der Waals surface area (Å²) in [6.45, 7) is -0.540. The number of cyclic esters (lactones) is 1. The highest BCUT2D eigenvalue weighted by molar-refractivity contribution is 5.83. The van der Waals surface area contributed by atoms with E-state index in [2.05, 4.69) is 0 Å². The second-order valence-electron chi connectivity index (χ2n) is 7.14. The van der Waals surface area contributed by atoms with Crippen LogP contribution in [-0.2, 0) is 15.1 Å². The molecule has 2 N–H and O–H groups in total. The van der Waals surface area contributed by atoms with Crippen LogP contribution in [0.5, 0.6) is 0 Å². The van der Waals surface area contributed by atoms with E-state index in [0.717, 1.165) is 4.90 Å². The highest BCUT2D eigenvalue weighted by atomic mass is 19.1. The molecular formula is C23H17F3N2O3. The number of hydrogen-bond donors (Lipinski definition) is 1. The van der Waals surface area contributed by atoms with E-state index >= 15 is 0 Å². The number of nitrogens with zero attached hydrogens (tertiary/aromatic N) is 1. The molecule has 1 saturated heterocycles. The van der Waals surface area contributed by atoms with Crippen LogP contribution in [0.15, 0.2) is 72.8 Å². The van der Waals surface area contributed by atoms with E-state index in [4.69, 9.17) is 10.5 Å². The number of carbonyl (C=O) groups is 2. The fraction of sp³-hybridized carbons (Fsp3) is 0.130. The summed E-state index contributed by atoms with van der Waals surface area (Å²) in [7, 11) is 0. The number of halogens is 3. The largest absolute Gasteiger partial charge is 0.430 e. The molecule has 1 aliphatic rings. The molecule has 31 heavy (non-hydrogen) atoms. The maximum atomic E-state index is 15.0. The Labute approximate surface area is 175 Å². The lowest BCUT2D eigenvalue weighted by atomic mass is 9.77. The fourth-order valence-corrected chi connectivity index (χ4v) is 3.98. The number of primary amides is 1. The van der Waals surface area contributed by atoms with Crippen LogP contribution in [0.2, 0.25) is 0 Å². The van der Waals surface area contributed by atoms with Gasteiger partial charge in [-0.3, -0.25) is 9.69 Å². The van der Waals surface area contributed by atoms with Crippen LogP contribution in [0.3, 0.4) is 0 Å². The van der Waals surface area contributed by atoms with Gasteiger partial charge in [0.05, 0.1) is 0 Å². The van der Waals surface area contributed by atoms with Crippen LogP contribution in [0.25, 0.3) is 0 Å². The van der Waals surface area contributed by atoms with E-state index in [1.807, 2.05) is 0 Å². The summed E-state index contributed by atoms with van der Waals surface area (Å²) in [6, 6.07) is 14.8. The van der Waals surface area contributed by atoms with Gasteiger partial charge < -0.3 is 10.5 Å². The zero-order valence-electron chi connectivity index (χ0n) is 16.1. The molecule has 3 aromatic carbocycles. The Kier molecular flexibility index (Phi) is 5.14. The molecule has 5 nitrogen and oxygen atoms in total. The Balaban J connectivity index is 2.04. The molecule has 0 bridgehead atoms. The first-order chi connectivity index (χ1) is 14.8. The second kappa shape index (κ2) is 7.79. The smallest absolute Gasteiger partial charge is 0.412 e. The number of carbonyl (C=O) groups excluding carboxylic acids is 2. The number of amides is 2. The predicted octanol–water partition coefficient (Wildman–Crippen LogP) is 4.03. The van der Waals surface area contributed by atoms with E-state index in [1.54, 1.807) is 6.07 Å². The molecule has 1 atom stereocenters. The van der Waals surface area contributed by atoms with Crippen molar-refractivity contribution in [1.82, 2.24) is 4.90 Å². The summed E-state index contributed by atoms with van der Waals surface area (Å²) in [5.41, 5.74) is 4.33. The fourth-order valence-electron chi connectivity index (χ4n) is 3.98. The van der Waals surface area contributed by atoms with Crippen molar-refractivity contribution in [1.29, 1.82) is 0 Å². The van der Waals surface area contributed by atoms with Crippen molar-refractivity contribution in [3.63, 3.8) is 0 Å². The molecule has 0 aliphatic carbocycles. The molecular weight excluding hydrogens is 409 g/mol. The zero-order valence-corrected chi connectivity index (χ0v) is 16.1. The second-order valence-corrected chi connectivity index (χ2v) is 7.14. The first kappa shape index (κ1) is 20.5. The minimum Gasteiger partial charge on any atom is -0.430 e. The molecule has 158 valence electrons. The third-order valence-electron chi connectivity index (χ3n) is 5.25. The zero-order chi connectivity index (χ0) is 22.2. The lowest BCUT2D eigenvalue weighted by Gasteiger charge is -2.36. The Morgan fingerprint density at radius 1 is 0.903 bits per heavy atom. The van der Waals surface area contributed by atoms with Gasteiger partial charge in [-0.1, -0.05) is 42.5 Å². The molecule has 2 amide bonds. The molecule has 4 rings (SSSR count).